The van der Waals surface area contributed by atoms with Gasteiger partial charge in [0.15, 0.2) is 0 Å². The molecule has 0 aromatic rings. The summed E-state index contributed by atoms with van der Waals surface area (Å²) in [6.07, 6.45) is 3.95. The number of rotatable bonds is 7. The molecular formula is C15H29NO4. The zero-order valence-electron chi connectivity index (χ0n) is 13.2. The summed E-state index contributed by atoms with van der Waals surface area (Å²) in [5.74, 6) is -0.340. The van der Waals surface area contributed by atoms with Crippen LogP contribution in [0.25, 0.3) is 0 Å². The molecule has 0 aromatic heterocycles. The highest BCUT2D eigenvalue weighted by molar-refractivity contribution is 5.79. The quantitative estimate of drug-likeness (QED) is 0.573. The van der Waals surface area contributed by atoms with Gasteiger partial charge in [-0.05, 0) is 53.4 Å². The van der Waals surface area contributed by atoms with E-state index in [9.17, 15) is 4.79 Å². The van der Waals surface area contributed by atoms with E-state index in [-0.39, 0.29) is 24.3 Å². The van der Waals surface area contributed by atoms with Crippen molar-refractivity contribution >= 4 is 5.97 Å². The Bertz CT molecular complexity index is 296. The van der Waals surface area contributed by atoms with E-state index in [1.165, 1.54) is 0 Å². The maximum atomic E-state index is 11.6. The van der Waals surface area contributed by atoms with Crippen molar-refractivity contribution < 1.29 is 19.0 Å². The average molecular weight is 287 g/mol. The van der Waals surface area contributed by atoms with Crippen molar-refractivity contribution in [1.29, 1.82) is 0 Å². The van der Waals surface area contributed by atoms with Gasteiger partial charge in [-0.3, -0.25) is 4.79 Å². The predicted molar refractivity (Wildman–Crippen MR) is 77.4 cm³/mol. The summed E-state index contributed by atoms with van der Waals surface area (Å²) in [7, 11) is 0. The lowest BCUT2D eigenvalue weighted by Gasteiger charge is -2.32. The summed E-state index contributed by atoms with van der Waals surface area (Å²) in [6.45, 7) is 8.62. The molecule has 1 aliphatic heterocycles. The van der Waals surface area contributed by atoms with Crippen LogP contribution in [0.3, 0.4) is 0 Å². The summed E-state index contributed by atoms with van der Waals surface area (Å²) in [5, 5.41) is 0. The average Bonchev–Trinajstić information content (AvgIpc) is 2.34. The summed E-state index contributed by atoms with van der Waals surface area (Å²) in [4.78, 5) is 11.6. The molecular weight excluding hydrogens is 258 g/mol. The summed E-state index contributed by atoms with van der Waals surface area (Å²) in [5.41, 5.74) is 5.04. The molecule has 1 saturated heterocycles. The normalized spacial score (nSPS) is 29.8. The van der Waals surface area contributed by atoms with Gasteiger partial charge >= 0.3 is 5.97 Å². The first-order chi connectivity index (χ1) is 9.35. The molecule has 0 aromatic carbocycles. The minimum absolute atomic E-state index is 0.250. The second-order valence-corrected chi connectivity index (χ2v) is 5.96. The fourth-order valence-electron chi connectivity index (χ4n) is 2.57. The van der Waals surface area contributed by atoms with Crippen molar-refractivity contribution in [3.05, 3.63) is 0 Å². The number of esters is 1. The SMILES string of the molecule is CCOC(=O)C(C)(N)CCCOC1CC(C)OC(C)C1. The Labute approximate surface area is 122 Å². The number of nitrogens with two attached hydrogens (primary N) is 1. The standard InChI is InChI=1S/C15H29NO4/c1-5-18-14(17)15(4,16)7-6-8-19-13-9-11(2)20-12(3)10-13/h11-13H,5-10,16H2,1-4H3. The van der Waals surface area contributed by atoms with Gasteiger partial charge in [-0.25, -0.2) is 0 Å². The van der Waals surface area contributed by atoms with Crippen LogP contribution in [-0.4, -0.2) is 43.0 Å². The largest absolute Gasteiger partial charge is 0.465 e. The molecule has 5 nitrogen and oxygen atoms in total. The Balaban J connectivity index is 2.22. The summed E-state index contributed by atoms with van der Waals surface area (Å²) in [6, 6.07) is 0. The van der Waals surface area contributed by atoms with Crippen molar-refractivity contribution in [2.24, 2.45) is 5.73 Å². The second kappa shape index (κ2) is 7.96. The van der Waals surface area contributed by atoms with Crippen LogP contribution in [0.4, 0.5) is 0 Å². The molecule has 0 aliphatic carbocycles. The van der Waals surface area contributed by atoms with Gasteiger partial charge in [-0.1, -0.05) is 0 Å². The molecule has 0 amide bonds. The van der Waals surface area contributed by atoms with Crippen LogP contribution in [0.5, 0.6) is 0 Å². The molecule has 0 spiro atoms. The second-order valence-electron chi connectivity index (χ2n) is 5.96. The van der Waals surface area contributed by atoms with Crippen molar-refractivity contribution in [1.82, 2.24) is 0 Å². The molecule has 0 radical (unpaired) electrons. The highest BCUT2D eigenvalue weighted by Crippen LogP contribution is 2.22. The van der Waals surface area contributed by atoms with Crippen LogP contribution in [0, 0.1) is 0 Å². The molecule has 0 saturated carbocycles. The van der Waals surface area contributed by atoms with Gasteiger partial charge in [0, 0.05) is 6.61 Å². The fraction of sp³-hybridized carbons (Fsp3) is 0.933. The Morgan fingerprint density at radius 1 is 1.35 bits per heavy atom. The zero-order valence-corrected chi connectivity index (χ0v) is 13.2. The number of ether oxygens (including phenoxy) is 3. The molecule has 0 bridgehead atoms. The first-order valence-corrected chi connectivity index (χ1v) is 7.58. The monoisotopic (exact) mass is 287 g/mol. The lowest BCUT2D eigenvalue weighted by atomic mass is 9.97. The van der Waals surface area contributed by atoms with E-state index in [4.69, 9.17) is 19.9 Å². The smallest absolute Gasteiger partial charge is 0.325 e. The summed E-state index contributed by atoms with van der Waals surface area (Å²) >= 11 is 0. The first kappa shape index (κ1) is 17.4. The van der Waals surface area contributed by atoms with Crippen molar-refractivity contribution in [2.75, 3.05) is 13.2 Å². The lowest BCUT2D eigenvalue weighted by molar-refractivity contribution is -0.149. The number of hydrogen-bond acceptors (Lipinski definition) is 5. The molecule has 20 heavy (non-hydrogen) atoms. The van der Waals surface area contributed by atoms with Gasteiger partial charge in [-0.2, -0.15) is 0 Å². The van der Waals surface area contributed by atoms with Gasteiger partial charge in [0.05, 0.1) is 24.9 Å². The highest BCUT2D eigenvalue weighted by atomic mass is 16.5. The van der Waals surface area contributed by atoms with E-state index in [0.717, 1.165) is 19.3 Å². The van der Waals surface area contributed by atoms with E-state index in [1.807, 2.05) is 0 Å². The van der Waals surface area contributed by atoms with Gasteiger partial charge < -0.3 is 19.9 Å². The van der Waals surface area contributed by atoms with Crippen molar-refractivity contribution in [3.63, 3.8) is 0 Å². The van der Waals surface area contributed by atoms with Gasteiger partial charge in [0.1, 0.15) is 5.54 Å². The van der Waals surface area contributed by atoms with Gasteiger partial charge in [0.2, 0.25) is 0 Å². The van der Waals surface area contributed by atoms with E-state index in [1.54, 1.807) is 13.8 Å². The Hall–Kier alpha value is -0.650. The third-order valence-electron chi connectivity index (χ3n) is 3.59. The van der Waals surface area contributed by atoms with Crippen LogP contribution < -0.4 is 5.73 Å². The lowest BCUT2D eigenvalue weighted by Crippen LogP contribution is -2.46. The van der Waals surface area contributed by atoms with Crippen LogP contribution in [0.15, 0.2) is 0 Å². The Morgan fingerprint density at radius 2 is 1.95 bits per heavy atom. The Kier molecular flexibility index (Phi) is 6.92. The summed E-state index contributed by atoms with van der Waals surface area (Å²) < 4.78 is 16.5. The fourth-order valence-corrected chi connectivity index (χ4v) is 2.57. The molecule has 1 fully saturated rings. The van der Waals surface area contributed by atoms with E-state index in [0.29, 0.717) is 19.6 Å². The third-order valence-corrected chi connectivity index (χ3v) is 3.59. The third kappa shape index (κ3) is 5.77. The minimum atomic E-state index is -0.921. The van der Waals surface area contributed by atoms with E-state index >= 15 is 0 Å². The highest BCUT2D eigenvalue weighted by Gasteiger charge is 2.30. The molecule has 1 aliphatic rings. The Morgan fingerprint density at radius 3 is 2.50 bits per heavy atom. The zero-order chi connectivity index (χ0) is 15.2. The molecule has 5 heteroatoms. The topological polar surface area (TPSA) is 70.8 Å². The van der Waals surface area contributed by atoms with Crippen LogP contribution in [0.1, 0.15) is 53.4 Å². The molecule has 3 atom stereocenters. The van der Waals surface area contributed by atoms with Gasteiger partial charge in [0.25, 0.3) is 0 Å². The van der Waals surface area contributed by atoms with Gasteiger partial charge in [-0.15, -0.1) is 0 Å². The predicted octanol–water partition coefficient (Wildman–Crippen LogP) is 2.02. The number of carbonyl (C=O) groups is 1. The molecule has 1 rings (SSSR count). The van der Waals surface area contributed by atoms with Crippen molar-refractivity contribution in [2.45, 2.75) is 77.2 Å². The number of hydrogen-bond donors (Lipinski definition) is 1. The molecule has 2 N–H and O–H groups in total. The maximum Gasteiger partial charge on any atom is 0.325 e. The minimum Gasteiger partial charge on any atom is -0.465 e. The number of carbonyl (C=O) groups excluding carboxylic acids is 1. The van der Waals surface area contributed by atoms with Crippen LogP contribution in [-0.2, 0) is 19.0 Å². The van der Waals surface area contributed by atoms with Crippen molar-refractivity contribution in [3.8, 4) is 0 Å². The molecule has 3 unspecified atom stereocenters. The van der Waals surface area contributed by atoms with Crippen LogP contribution >= 0.6 is 0 Å². The molecule has 118 valence electrons. The maximum absolute atomic E-state index is 11.6. The van der Waals surface area contributed by atoms with E-state index < -0.39 is 5.54 Å². The van der Waals surface area contributed by atoms with Crippen LogP contribution in [0.2, 0.25) is 0 Å². The van der Waals surface area contributed by atoms with E-state index in [2.05, 4.69) is 13.8 Å². The molecule has 1 heterocycles. The first-order valence-electron chi connectivity index (χ1n) is 7.58.